The molecule has 82 valence electrons. The zero-order valence-corrected chi connectivity index (χ0v) is 8.68. The number of rotatable bonds is 4. The second kappa shape index (κ2) is 5.06. The van der Waals surface area contributed by atoms with E-state index in [1.807, 2.05) is 18.2 Å². The van der Waals surface area contributed by atoms with Gasteiger partial charge >= 0.3 is 0 Å². The summed E-state index contributed by atoms with van der Waals surface area (Å²) in [5.74, 6) is -0.0131. The number of pyridine rings is 1. The summed E-state index contributed by atoms with van der Waals surface area (Å²) in [5.41, 5.74) is 1.85. The van der Waals surface area contributed by atoms with E-state index in [1.165, 1.54) is 0 Å². The van der Waals surface area contributed by atoms with Crippen LogP contribution < -0.4 is 5.32 Å². The second-order valence-corrected chi connectivity index (χ2v) is 3.39. The Kier molecular flexibility index (Phi) is 3.28. The minimum absolute atomic E-state index is 0.0131. The standard InChI is InChI=1S/C11H12N4O/c16-11(7-9-1-4-12-5-2-9)13-8-10-3-6-14-15-10/h1-6H,7-8H2,(H,13,16)(H,14,15). The lowest BCUT2D eigenvalue weighted by Gasteiger charge is -2.03. The molecular weight excluding hydrogens is 204 g/mol. The van der Waals surface area contributed by atoms with Crippen LogP contribution in [0, 0.1) is 0 Å². The molecule has 0 spiro atoms. The third kappa shape index (κ3) is 2.91. The van der Waals surface area contributed by atoms with Crippen molar-refractivity contribution in [3.8, 4) is 0 Å². The van der Waals surface area contributed by atoms with Gasteiger partial charge in [-0.25, -0.2) is 0 Å². The molecule has 1 amide bonds. The highest BCUT2D eigenvalue weighted by Gasteiger charge is 2.02. The molecule has 2 aromatic heterocycles. The van der Waals surface area contributed by atoms with E-state index in [9.17, 15) is 4.79 Å². The second-order valence-electron chi connectivity index (χ2n) is 3.39. The van der Waals surface area contributed by atoms with Crippen molar-refractivity contribution in [3.63, 3.8) is 0 Å². The highest BCUT2D eigenvalue weighted by atomic mass is 16.1. The molecule has 2 N–H and O–H groups in total. The van der Waals surface area contributed by atoms with Crippen molar-refractivity contribution in [1.29, 1.82) is 0 Å². The zero-order valence-electron chi connectivity index (χ0n) is 8.68. The minimum Gasteiger partial charge on any atom is -0.350 e. The fourth-order valence-corrected chi connectivity index (χ4v) is 1.33. The predicted molar refractivity (Wildman–Crippen MR) is 58.4 cm³/mol. The van der Waals surface area contributed by atoms with E-state index < -0.39 is 0 Å². The maximum absolute atomic E-state index is 11.5. The zero-order chi connectivity index (χ0) is 11.2. The van der Waals surface area contributed by atoms with Crippen LogP contribution in [-0.2, 0) is 17.8 Å². The first-order chi connectivity index (χ1) is 7.84. The lowest BCUT2D eigenvalue weighted by molar-refractivity contribution is -0.120. The van der Waals surface area contributed by atoms with Crippen LogP contribution in [0.15, 0.2) is 36.8 Å². The van der Waals surface area contributed by atoms with Crippen LogP contribution in [0.5, 0.6) is 0 Å². The van der Waals surface area contributed by atoms with Gasteiger partial charge in [-0.2, -0.15) is 5.10 Å². The van der Waals surface area contributed by atoms with Crippen molar-refractivity contribution < 1.29 is 4.79 Å². The number of nitrogens with one attached hydrogen (secondary N) is 2. The summed E-state index contributed by atoms with van der Waals surface area (Å²) in [4.78, 5) is 15.4. The quantitative estimate of drug-likeness (QED) is 0.788. The third-order valence-electron chi connectivity index (χ3n) is 2.15. The fraction of sp³-hybridized carbons (Fsp3) is 0.182. The summed E-state index contributed by atoms with van der Waals surface area (Å²) in [6, 6.07) is 5.48. The minimum atomic E-state index is -0.0131. The number of aromatic nitrogens is 3. The average Bonchev–Trinajstić information content (AvgIpc) is 2.81. The number of aromatic amines is 1. The van der Waals surface area contributed by atoms with E-state index in [0.29, 0.717) is 13.0 Å². The molecule has 0 aliphatic carbocycles. The summed E-state index contributed by atoms with van der Waals surface area (Å²) in [6.07, 6.45) is 5.38. The molecule has 0 saturated carbocycles. The van der Waals surface area contributed by atoms with Crippen molar-refractivity contribution in [2.75, 3.05) is 0 Å². The van der Waals surface area contributed by atoms with Gasteiger partial charge in [0.2, 0.25) is 5.91 Å². The number of nitrogens with zero attached hydrogens (tertiary/aromatic N) is 2. The van der Waals surface area contributed by atoms with E-state index in [-0.39, 0.29) is 5.91 Å². The molecule has 0 atom stereocenters. The number of hydrogen-bond donors (Lipinski definition) is 2. The topological polar surface area (TPSA) is 70.7 Å². The number of carbonyl (C=O) groups is 1. The van der Waals surface area contributed by atoms with Crippen molar-refractivity contribution >= 4 is 5.91 Å². The van der Waals surface area contributed by atoms with Crippen LogP contribution in [0.3, 0.4) is 0 Å². The van der Waals surface area contributed by atoms with Crippen LogP contribution in [0.25, 0.3) is 0 Å². The largest absolute Gasteiger partial charge is 0.350 e. The Balaban J connectivity index is 1.81. The highest BCUT2D eigenvalue weighted by Crippen LogP contribution is 1.98. The molecule has 2 aromatic rings. The molecule has 0 fully saturated rings. The van der Waals surface area contributed by atoms with Crippen molar-refractivity contribution in [2.45, 2.75) is 13.0 Å². The average molecular weight is 216 g/mol. The van der Waals surface area contributed by atoms with Crippen LogP contribution in [-0.4, -0.2) is 21.1 Å². The van der Waals surface area contributed by atoms with Gasteiger partial charge in [0.15, 0.2) is 0 Å². The van der Waals surface area contributed by atoms with E-state index in [4.69, 9.17) is 0 Å². The molecule has 5 nitrogen and oxygen atoms in total. The van der Waals surface area contributed by atoms with E-state index in [2.05, 4.69) is 20.5 Å². The maximum atomic E-state index is 11.5. The summed E-state index contributed by atoms with van der Waals surface area (Å²) >= 11 is 0. The highest BCUT2D eigenvalue weighted by molar-refractivity contribution is 5.78. The summed E-state index contributed by atoms with van der Waals surface area (Å²) in [6.45, 7) is 0.476. The van der Waals surface area contributed by atoms with Gasteiger partial charge in [0.05, 0.1) is 18.7 Å². The Hall–Kier alpha value is -2.17. The van der Waals surface area contributed by atoms with Crippen LogP contribution in [0.4, 0.5) is 0 Å². The fourth-order valence-electron chi connectivity index (χ4n) is 1.33. The monoisotopic (exact) mass is 216 g/mol. The number of hydrogen-bond acceptors (Lipinski definition) is 3. The molecule has 2 heterocycles. The lowest BCUT2D eigenvalue weighted by atomic mass is 10.2. The normalized spacial score (nSPS) is 10.0. The molecule has 0 aromatic carbocycles. The predicted octanol–water partition coefficient (Wildman–Crippen LogP) is 0.664. The van der Waals surface area contributed by atoms with Gasteiger partial charge in [0, 0.05) is 18.6 Å². The smallest absolute Gasteiger partial charge is 0.224 e. The Morgan fingerprint density at radius 3 is 2.75 bits per heavy atom. The Bertz CT molecular complexity index is 438. The number of carbonyl (C=O) groups excluding carboxylic acids is 1. The summed E-state index contributed by atoms with van der Waals surface area (Å²) in [5, 5.41) is 9.38. The molecule has 0 bridgehead atoms. The molecule has 2 rings (SSSR count). The molecular formula is C11H12N4O. The third-order valence-corrected chi connectivity index (χ3v) is 2.15. The Morgan fingerprint density at radius 1 is 1.25 bits per heavy atom. The van der Waals surface area contributed by atoms with Crippen LogP contribution in [0.1, 0.15) is 11.3 Å². The lowest BCUT2D eigenvalue weighted by Crippen LogP contribution is -2.24. The first-order valence-corrected chi connectivity index (χ1v) is 4.98. The first kappa shape index (κ1) is 10.4. The molecule has 16 heavy (non-hydrogen) atoms. The number of H-pyrrole nitrogens is 1. The molecule has 0 aliphatic rings. The van der Waals surface area contributed by atoms with Gasteiger partial charge in [0.1, 0.15) is 0 Å². The van der Waals surface area contributed by atoms with E-state index in [1.54, 1.807) is 18.6 Å². The van der Waals surface area contributed by atoms with Gasteiger partial charge in [0.25, 0.3) is 0 Å². The van der Waals surface area contributed by atoms with Crippen molar-refractivity contribution in [2.24, 2.45) is 0 Å². The molecule has 0 saturated heterocycles. The van der Waals surface area contributed by atoms with Crippen LogP contribution >= 0.6 is 0 Å². The van der Waals surface area contributed by atoms with Crippen LogP contribution in [0.2, 0.25) is 0 Å². The SMILES string of the molecule is O=C(Cc1ccncc1)NCc1ccn[nH]1. The van der Waals surface area contributed by atoms with Gasteiger partial charge in [-0.05, 0) is 23.8 Å². The van der Waals surface area contributed by atoms with Gasteiger partial charge < -0.3 is 5.32 Å². The molecule has 0 radical (unpaired) electrons. The van der Waals surface area contributed by atoms with Crippen molar-refractivity contribution in [1.82, 2.24) is 20.5 Å². The molecule has 0 unspecified atom stereocenters. The summed E-state index contributed by atoms with van der Waals surface area (Å²) in [7, 11) is 0. The van der Waals surface area contributed by atoms with E-state index >= 15 is 0 Å². The van der Waals surface area contributed by atoms with E-state index in [0.717, 1.165) is 11.3 Å². The maximum Gasteiger partial charge on any atom is 0.224 e. The molecule has 0 aliphatic heterocycles. The van der Waals surface area contributed by atoms with Crippen molar-refractivity contribution in [3.05, 3.63) is 48.0 Å². The van der Waals surface area contributed by atoms with Gasteiger partial charge in [-0.3, -0.25) is 14.9 Å². The molecule has 5 heteroatoms. The summed E-state index contributed by atoms with van der Waals surface area (Å²) < 4.78 is 0. The first-order valence-electron chi connectivity index (χ1n) is 4.98. The number of amides is 1. The van der Waals surface area contributed by atoms with Gasteiger partial charge in [-0.1, -0.05) is 0 Å². The Labute approximate surface area is 92.9 Å². The Morgan fingerprint density at radius 2 is 2.06 bits per heavy atom. The van der Waals surface area contributed by atoms with Gasteiger partial charge in [-0.15, -0.1) is 0 Å².